The molecule has 1 aliphatic rings. The van der Waals surface area contributed by atoms with Crippen LogP contribution in [-0.2, 0) is 12.8 Å². The number of anilines is 1. The van der Waals surface area contributed by atoms with Crippen molar-refractivity contribution in [3.63, 3.8) is 0 Å². The van der Waals surface area contributed by atoms with E-state index in [0.717, 1.165) is 23.4 Å². The average Bonchev–Trinajstić information content (AvgIpc) is 3.11. The lowest BCUT2D eigenvalue weighted by atomic mass is 10.1. The van der Waals surface area contributed by atoms with Crippen molar-refractivity contribution < 1.29 is 8.94 Å². The van der Waals surface area contributed by atoms with Gasteiger partial charge in [-0.2, -0.15) is 4.98 Å². The Morgan fingerprint density at radius 2 is 2.26 bits per heavy atom. The highest BCUT2D eigenvalue weighted by Gasteiger charge is 2.25. The Hall–Kier alpha value is -2.08. The fourth-order valence-corrected chi connectivity index (χ4v) is 3.64. The topological polar surface area (TPSA) is 78.1 Å². The van der Waals surface area contributed by atoms with Crippen molar-refractivity contribution >= 4 is 16.3 Å². The molecular weight excluding hydrogens is 262 g/mol. The number of fused-ring (bicyclic) bond motifs is 1. The molecule has 0 saturated heterocycles. The second kappa shape index (κ2) is 3.96. The van der Waals surface area contributed by atoms with E-state index in [-0.39, 0.29) is 0 Å². The van der Waals surface area contributed by atoms with Gasteiger partial charge in [0.1, 0.15) is 0 Å². The lowest BCUT2D eigenvalue weighted by Crippen LogP contribution is -1.88. The molecule has 0 unspecified atom stereocenters. The number of nitrogens with two attached hydrogens (primary N) is 1. The lowest BCUT2D eigenvalue weighted by Gasteiger charge is -1.96. The first kappa shape index (κ1) is 10.8. The molecule has 3 aromatic heterocycles. The predicted octanol–water partition coefficient (Wildman–Crippen LogP) is 3.13. The molecule has 0 saturated carbocycles. The Labute approximate surface area is 113 Å². The normalized spacial score (nSPS) is 13.9. The van der Waals surface area contributed by atoms with Gasteiger partial charge in [0.25, 0.3) is 5.89 Å². The van der Waals surface area contributed by atoms with Crippen molar-refractivity contribution in [1.82, 2.24) is 10.1 Å². The molecule has 6 heteroatoms. The van der Waals surface area contributed by atoms with Gasteiger partial charge in [0.2, 0.25) is 5.82 Å². The van der Waals surface area contributed by atoms with Gasteiger partial charge < -0.3 is 14.7 Å². The molecule has 0 atom stereocenters. The van der Waals surface area contributed by atoms with Gasteiger partial charge in [0, 0.05) is 4.88 Å². The van der Waals surface area contributed by atoms with Gasteiger partial charge in [-0.15, -0.1) is 11.3 Å². The SMILES string of the molecule is Nc1sc2c(c1-c1nc(-c3ccco3)no1)CCC2. The molecule has 3 aromatic rings. The average molecular weight is 273 g/mol. The van der Waals surface area contributed by atoms with Crippen molar-refractivity contribution in [1.29, 1.82) is 0 Å². The second-order valence-corrected chi connectivity index (χ2v) is 5.63. The third-order valence-electron chi connectivity index (χ3n) is 3.33. The highest BCUT2D eigenvalue weighted by Crippen LogP contribution is 2.43. The lowest BCUT2D eigenvalue weighted by molar-refractivity contribution is 0.429. The summed E-state index contributed by atoms with van der Waals surface area (Å²) in [4.78, 5) is 5.74. The highest BCUT2D eigenvalue weighted by atomic mass is 32.1. The fraction of sp³-hybridized carbons (Fsp3) is 0.231. The molecule has 5 nitrogen and oxygen atoms in total. The van der Waals surface area contributed by atoms with E-state index in [2.05, 4.69) is 10.1 Å². The third kappa shape index (κ3) is 1.60. The van der Waals surface area contributed by atoms with E-state index < -0.39 is 0 Å². The second-order valence-electron chi connectivity index (χ2n) is 4.50. The van der Waals surface area contributed by atoms with Crippen LogP contribution in [0, 0.1) is 0 Å². The first-order valence-corrected chi connectivity index (χ1v) is 6.92. The van der Waals surface area contributed by atoms with Gasteiger partial charge in [0.05, 0.1) is 16.8 Å². The van der Waals surface area contributed by atoms with Gasteiger partial charge in [-0.1, -0.05) is 5.16 Å². The standard InChI is InChI=1S/C13H11N3O2S/c14-11-10(7-3-1-5-9(7)19-11)13-15-12(16-18-13)8-4-2-6-17-8/h2,4,6H,1,3,5,14H2. The summed E-state index contributed by atoms with van der Waals surface area (Å²) in [6.07, 6.45) is 4.90. The van der Waals surface area contributed by atoms with E-state index >= 15 is 0 Å². The molecule has 0 aliphatic heterocycles. The zero-order valence-electron chi connectivity index (χ0n) is 10.0. The first-order valence-electron chi connectivity index (χ1n) is 6.11. The Bertz CT molecular complexity index is 727. The minimum Gasteiger partial charge on any atom is -0.461 e. The Kier molecular flexibility index (Phi) is 2.25. The smallest absolute Gasteiger partial charge is 0.261 e. The third-order valence-corrected chi connectivity index (χ3v) is 4.45. The quantitative estimate of drug-likeness (QED) is 0.776. The number of rotatable bonds is 2. The Balaban J connectivity index is 1.82. The summed E-state index contributed by atoms with van der Waals surface area (Å²) in [5.74, 6) is 1.54. The van der Waals surface area contributed by atoms with E-state index in [1.807, 2.05) is 0 Å². The summed E-state index contributed by atoms with van der Waals surface area (Å²) in [7, 11) is 0. The number of hydrogen-bond acceptors (Lipinski definition) is 6. The van der Waals surface area contributed by atoms with Crippen molar-refractivity contribution in [2.45, 2.75) is 19.3 Å². The molecule has 3 heterocycles. The molecule has 19 heavy (non-hydrogen) atoms. The van der Waals surface area contributed by atoms with E-state index in [1.54, 1.807) is 29.7 Å². The van der Waals surface area contributed by atoms with Crippen molar-refractivity contribution in [3.05, 3.63) is 28.8 Å². The van der Waals surface area contributed by atoms with E-state index in [1.165, 1.54) is 16.9 Å². The van der Waals surface area contributed by atoms with Gasteiger partial charge in [-0.05, 0) is 37.0 Å². The number of thiophene rings is 1. The van der Waals surface area contributed by atoms with Crippen molar-refractivity contribution in [2.75, 3.05) is 5.73 Å². The fourth-order valence-electron chi connectivity index (χ4n) is 2.49. The number of nitrogen functional groups attached to an aromatic ring is 1. The van der Waals surface area contributed by atoms with Crippen LogP contribution in [0.5, 0.6) is 0 Å². The molecule has 0 amide bonds. The number of aryl methyl sites for hydroxylation is 1. The Morgan fingerprint density at radius 1 is 1.32 bits per heavy atom. The van der Waals surface area contributed by atoms with Crippen molar-refractivity contribution in [2.24, 2.45) is 0 Å². The van der Waals surface area contributed by atoms with Crippen LogP contribution in [-0.4, -0.2) is 10.1 Å². The van der Waals surface area contributed by atoms with Crippen LogP contribution in [0.3, 0.4) is 0 Å². The van der Waals surface area contributed by atoms with E-state index in [0.29, 0.717) is 17.5 Å². The predicted molar refractivity (Wildman–Crippen MR) is 71.8 cm³/mol. The van der Waals surface area contributed by atoms with Crippen LogP contribution < -0.4 is 5.73 Å². The molecular formula is C13H11N3O2S. The van der Waals surface area contributed by atoms with Gasteiger partial charge >= 0.3 is 0 Å². The zero-order chi connectivity index (χ0) is 12.8. The minimum absolute atomic E-state index is 0.456. The molecule has 96 valence electrons. The number of nitrogens with zero attached hydrogens (tertiary/aromatic N) is 2. The minimum atomic E-state index is 0.456. The monoisotopic (exact) mass is 273 g/mol. The molecule has 0 bridgehead atoms. The highest BCUT2D eigenvalue weighted by molar-refractivity contribution is 7.16. The summed E-state index contributed by atoms with van der Waals surface area (Å²) in [5.41, 5.74) is 8.27. The van der Waals surface area contributed by atoms with Crippen LogP contribution >= 0.6 is 11.3 Å². The number of furan rings is 1. The maximum Gasteiger partial charge on any atom is 0.261 e. The zero-order valence-corrected chi connectivity index (χ0v) is 10.9. The summed E-state index contributed by atoms with van der Waals surface area (Å²) in [6.45, 7) is 0. The molecule has 4 rings (SSSR count). The van der Waals surface area contributed by atoms with Gasteiger partial charge in [-0.3, -0.25) is 0 Å². The molecule has 0 fully saturated rings. The summed E-state index contributed by atoms with van der Waals surface area (Å²) >= 11 is 1.63. The van der Waals surface area contributed by atoms with Crippen LogP contribution in [0.2, 0.25) is 0 Å². The molecule has 0 spiro atoms. The maximum absolute atomic E-state index is 6.08. The van der Waals surface area contributed by atoms with Gasteiger partial charge in [0.15, 0.2) is 5.76 Å². The van der Waals surface area contributed by atoms with E-state index in [9.17, 15) is 0 Å². The maximum atomic E-state index is 6.08. The summed E-state index contributed by atoms with van der Waals surface area (Å²) in [6, 6.07) is 3.60. The van der Waals surface area contributed by atoms with Crippen LogP contribution in [0.1, 0.15) is 16.9 Å². The largest absolute Gasteiger partial charge is 0.461 e. The van der Waals surface area contributed by atoms with Crippen molar-refractivity contribution in [3.8, 4) is 23.0 Å². The number of aromatic nitrogens is 2. The van der Waals surface area contributed by atoms with E-state index in [4.69, 9.17) is 14.7 Å². The molecule has 1 aliphatic carbocycles. The van der Waals surface area contributed by atoms with Crippen LogP contribution in [0.25, 0.3) is 23.0 Å². The molecule has 0 aromatic carbocycles. The summed E-state index contributed by atoms with van der Waals surface area (Å²) in [5, 5.41) is 4.71. The van der Waals surface area contributed by atoms with Crippen LogP contribution in [0.4, 0.5) is 5.00 Å². The molecule has 2 N–H and O–H groups in total. The summed E-state index contributed by atoms with van der Waals surface area (Å²) < 4.78 is 10.6. The number of hydrogen-bond donors (Lipinski definition) is 1. The molecule has 0 radical (unpaired) electrons. The Morgan fingerprint density at radius 3 is 3.11 bits per heavy atom. The first-order chi connectivity index (χ1) is 9.33. The van der Waals surface area contributed by atoms with Crippen LogP contribution in [0.15, 0.2) is 27.3 Å². The van der Waals surface area contributed by atoms with Gasteiger partial charge in [-0.25, -0.2) is 0 Å².